The second-order valence-corrected chi connectivity index (χ2v) is 9.14. The molecule has 1 saturated carbocycles. The molecule has 11 atom stereocenters. The second-order valence-electron chi connectivity index (χ2n) is 9.14. The van der Waals surface area contributed by atoms with Crippen LogP contribution in [0.4, 0.5) is 0 Å². The number of nitrogens with two attached hydrogens (primary N) is 3. The van der Waals surface area contributed by atoms with Crippen molar-refractivity contribution in [2.45, 2.75) is 86.5 Å². The highest BCUT2D eigenvalue weighted by atomic mass is 16.7. The number of likely N-dealkylation sites (N-methyl/N-ethyl adjacent to an activating group) is 2. The van der Waals surface area contributed by atoms with Crippen molar-refractivity contribution in [2.75, 3.05) is 27.2 Å². The maximum Gasteiger partial charge on any atom is 0.215 e. The highest BCUT2D eigenvalue weighted by Crippen LogP contribution is 2.31. The molecule has 1 saturated heterocycles. The fourth-order valence-corrected chi connectivity index (χ4v) is 4.59. The van der Waals surface area contributed by atoms with Crippen LogP contribution in [0, 0.1) is 0 Å². The van der Waals surface area contributed by atoms with Gasteiger partial charge >= 0.3 is 0 Å². The zero-order valence-corrected chi connectivity index (χ0v) is 18.9. The second kappa shape index (κ2) is 10.6. The molecule has 1 aliphatic carbocycles. The van der Waals surface area contributed by atoms with Crippen molar-refractivity contribution in [3.8, 4) is 0 Å². The van der Waals surface area contributed by atoms with E-state index < -0.39 is 66.8 Å². The number of nitrogens with one attached hydrogen (secondary N) is 2. The predicted octanol–water partition coefficient (Wildman–Crippen LogP) is -3.59. The van der Waals surface area contributed by atoms with E-state index in [9.17, 15) is 15.3 Å². The molecular weight excluding hydrogens is 422 g/mol. The quantitative estimate of drug-likeness (QED) is 0.186. The third kappa shape index (κ3) is 5.42. The van der Waals surface area contributed by atoms with E-state index in [0.717, 1.165) is 0 Å². The van der Waals surface area contributed by atoms with Crippen molar-refractivity contribution < 1.29 is 34.3 Å². The lowest BCUT2D eigenvalue weighted by Crippen LogP contribution is -2.68. The highest BCUT2D eigenvalue weighted by molar-refractivity contribution is 5.04. The lowest BCUT2D eigenvalue weighted by molar-refractivity contribution is -0.303. The minimum absolute atomic E-state index is 0.0664. The van der Waals surface area contributed by atoms with Crippen LogP contribution in [0.1, 0.15) is 19.8 Å². The Bertz CT molecular complexity index is 654. The van der Waals surface area contributed by atoms with E-state index in [1.165, 1.54) is 0 Å². The maximum absolute atomic E-state index is 11.1. The van der Waals surface area contributed by atoms with Gasteiger partial charge in [0.2, 0.25) is 6.29 Å². The third-order valence-electron chi connectivity index (χ3n) is 6.37. The molecular formula is C20H39N5O7. The van der Waals surface area contributed by atoms with Gasteiger partial charge in [0.25, 0.3) is 0 Å². The van der Waals surface area contributed by atoms with Crippen LogP contribution in [0.2, 0.25) is 0 Å². The lowest BCUT2D eigenvalue weighted by Gasteiger charge is -2.48. The summed E-state index contributed by atoms with van der Waals surface area (Å²) >= 11 is 0. The van der Waals surface area contributed by atoms with Gasteiger partial charge < -0.3 is 62.1 Å². The summed E-state index contributed by atoms with van der Waals surface area (Å²) < 4.78 is 23.3. The van der Waals surface area contributed by atoms with Crippen LogP contribution in [0.15, 0.2) is 11.8 Å². The van der Waals surface area contributed by atoms with E-state index in [4.69, 9.17) is 36.1 Å². The topological polar surface area (TPSA) is 200 Å². The molecule has 0 aromatic rings. The number of rotatable bonds is 7. The van der Waals surface area contributed by atoms with Crippen LogP contribution in [-0.2, 0) is 18.9 Å². The normalized spacial score (nSPS) is 47.6. The minimum Gasteiger partial charge on any atom is -0.467 e. The summed E-state index contributed by atoms with van der Waals surface area (Å²) in [6.45, 7) is 2.01. The molecule has 32 heavy (non-hydrogen) atoms. The largest absolute Gasteiger partial charge is 0.467 e. The Morgan fingerprint density at radius 1 is 1.06 bits per heavy atom. The highest BCUT2D eigenvalue weighted by Gasteiger charge is 2.50. The van der Waals surface area contributed by atoms with Crippen LogP contribution in [0.5, 0.6) is 0 Å². The molecule has 11 unspecified atom stereocenters. The molecule has 3 aliphatic rings. The van der Waals surface area contributed by atoms with Crippen LogP contribution in [-0.4, -0.2) is 109 Å². The van der Waals surface area contributed by atoms with E-state index in [1.807, 2.05) is 6.08 Å². The summed E-state index contributed by atoms with van der Waals surface area (Å²) in [6, 6.07) is -2.31. The van der Waals surface area contributed by atoms with Crippen LogP contribution in [0.25, 0.3) is 0 Å². The van der Waals surface area contributed by atoms with Crippen LogP contribution in [0.3, 0.4) is 0 Å². The molecule has 0 radical (unpaired) electrons. The molecule has 0 amide bonds. The van der Waals surface area contributed by atoms with Gasteiger partial charge in [0.05, 0.1) is 25.2 Å². The zero-order chi connectivity index (χ0) is 23.6. The Morgan fingerprint density at radius 3 is 2.28 bits per heavy atom. The Morgan fingerprint density at radius 2 is 1.69 bits per heavy atom. The average molecular weight is 462 g/mol. The molecule has 0 aromatic heterocycles. The molecule has 2 fully saturated rings. The van der Waals surface area contributed by atoms with Gasteiger partial charge in [0, 0.05) is 12.1 Å². The summed E-state index contributed by atoms with van der Waals surface area (Å²) in [5.41, 5.74) is 17.3. The van der Waals surface area contributed by atoms with E-state index in [1.54, 1.807) is 21.0 Å². The van der Waals surface area contributed by atoms with Crippen LogP contribution >= 0.6 is 0 Å². The van der Waals surface area contributed by atoms with Gasteiger partial charge in [-0.2, -0.15) is 0 Å². The fourth-order valence-electron chi connectivity index (χ4n) is 4.59. The average Bonchev–Trinajstić information content (AvgIpc) is 2.72. The Balaban J connectivity index is 1.68. The van der Waals surface area contributed by atoms with Crippen molar-refractivity contribution in [1.29, 1.82) is 0 Å². The number of aliphatic hydroxyl groups excluding tert-OH is 2. The van der Waals surface area contributed by atoms with E-state index in [0.29, 0.717) is 25.1 Å². The smallest absolute Gasteiger partial charge is 0.215 e. The monoisotopic (exact) mass is 461 g/mol. The number of hydrogen-bond acceptors (Lipinski definition) is 12. The van der Waals surface area contributed by atoms with E-state index in [2.05, 4.69) is 10.6 Å². The number of aliphatic hydroxyl groups is 3. The molecule has 3 rings (SSSR count). The molecule has 0 spiro atoms. The number of ether oxygens (including phenoxy) is 4. The summed E-state index contributed by atoms with van der Waals surface area (Å²) in [7, 11) is 3.43. The standard InChI is InChI=1S/C20H39N5O7/c1-20(28)8-29-19(14(27)17(20)25-3)32-16-12(23)6-11(22)15(13(16)26)31-18-10(21)5-4-9(30-18)7-24-2/h4,10-19,24-28H,5-8,21-23H2,1-3H3. The summed E-state index contributed by atoms with van der Waals surface area (Å²) in [4.78, 5) is 0. The lowest BCUT2D eigenvalue weighted by atomic mass is 9.84. The molecule has 12 heteroatoms. The predicted molar refractivity (Wildman–Crippen MR) is 115 cm³/mol. The summed E-state index contributed by atoms with van der Waals surface area (Å²) in [5, 5.41) is 38.0. The van der Waals surface area contributed by atoms with Gasteiger partial charge in [-0.25, -0.2) is 0 Å². The molecule has 2 heterocycles. The molecule has 0 bridgehead atoms. The van der Waals surface area contributed by atoms with Gasteiger partial charge in [0.15, 0.2) is 6.29 Å². The Kier molecular flexibility index (Phi) is 8.50. The van der Waals surface area contributed by atoms with Crippen molar-refractivity contribution >= 4 is 0 Å². The van der Waals surface area contributed by atoms with E-state index >= 15 is 0 Å². The van der Waals surface area contributed by atoms with Crippen molar-refractivity contribution in [3.63, 3.8) is 0 Å². The first-order valence-electron chi connectivity index (χ1n) is 11.0. The first-order valence-corrected chi connectivity index (χ1v) is 11.0. The van der Waals surface area contributed by atoms with Gasteiger partial charge in [-0.3, -0.25) is 0 Å². The van der Waals surface area contributed by atoms with E-state index in [-0.39, 0.29) is 6.61 Å². The first-order chi connectivity index (χ1) is 15.1. The van der Waals surface area contributed by atoms with Crippen molar-refractivity contribution in [2.24, 2.45) is 17.2 Å². The van der Waals surface area contributed by atoms with Crippen LogP contribution < -0.4 is 27.8 Å². The summed E-state index contributed by atoms with van der Waals surface area (Å²) in [6.07, 6.45) is -3.31. The minimum atomic E-state index is -1.29. The molecule has 12 nitrogen and oxygen atoms in total. The Labute approximate surface area is 188 Å². The van der Waals surface area contributed by atoms with Crippen molar-refractivity contribution in [3.05, 3.63) is 11.8 Å². The van der Waals surface area contributed by atoms with Gasteiger partial charge in [-0.05, 0) is 39.9 Å². The summed E-state index contributed by atoms with van der Waals surface area (Å²) in [5.74, 6) is 0.700. The van der Waals surface area contributed by atoms with Gasteiger partial charge in [-0.1, -0.05) is 0 Å². The zero-order valence-electron chi connectivity index (χ0n) is 18.9. The van der Waals surface area contributed by atoms with Gasteiger partial charge in [-0.15, -0.1) is 0 Å². The number of hydrogen-bond donors (Lipinski definition) is 8. The fraction of sp³-hybridized carbons (Fsp3) is 0.900. The maximum atomic E-state index is 11.1. The van der Waals surface area contributed by atoms with Gasteiger partial charge in [0.1, 0.15) is 35.8 Å². The molecule has 186 valence electrons. The van der Waals surface area contributed by atoms with Crippen molar-refractivity contribution in [1.82, 2.24) is 10.6 Å². The molecule has 2 aliphatic heterocycles. The molecule has 0 aromatic carbocycles. The molecule has 11 N–H and O–H groups in total. The third-order valence-corrected chi connectivity index (χ3v) is 6.37. The SMILES string of the molecule is CNCC1=CCC(N)C(OC2C(N)CC(N)C(OC3OCC(C)(O)C(NC)C3O)C2O)O1. The Hall–Kier alpha value is -0.900. The first kappa shape index (κ1) is 25.7.